The normalized spacial score (nSPS) is 23.0. The van der Waals surface area contributed by atoms with Gasteiger partial charge in [-0.05, 0) is 141 Å². The zero-order valence-electron chi connectivity index (χ0n) is 36.1. The Balaban J connectivity index is 0.869. The molecule has 10 rings (SSSR count). The third-order valence-corrected chi connectivity index (χ3v) is 13.1. The van der Waals surface area contributed by atoms with Crippen molar-refractivity contribution in [2.24, 2.45) is 11.8 Å². The molecule has 6 atom stereocenters. The Kier molecular flexibility index (Phi) is 9.88. The van der Waals surface area contributed by atoms with E-state index in [4.69, 9.17) is 9.68 Å². The molecule has 4 aliphatic heterocycles. The molecule has 0 spiro atoms. The Bertz CT molecular complexity index is 2570. The van der Waals surface area contributed by atoms with E-state index in [1.165, 1.54) is 9.80 Å². The van der Waals surface area contributed by atoms with Gasteiger partial charge in [-0.25, -0.2) is 19.9 Å². The third-order valence-electron chi connectivity index (χ3n) is 13.1. The second-order valence-electron chi connectivity index (χ2n) is 17.5. The van der Waals surface area contributed by atoms with Crippen LogP contribution in [-0.2, 0) is 35.3 Å². The van der Waals surface area contributed by atoms with E-state index < -0.39 is 36.1 Å². The fourth-order valence-corrected chi connectivity index (χ4v) is 10.6. The highest BCUT2D eigenvalue weighted by Gasteiger charge is 2.62. The van der Waals surface area contributed by atoms with Crippen LogP contribution in [0.2, 0.25) is 0 Å². The first kappa shape index (κ1) is 40.2. The molecule has 316 valence electrons. The number of anilines is 4. The van der Waals surface area contributed by atoms with Crippen molar-refractivity contribution < 1.29 is 28.9 Å². The van der Waals surface area contributed by atoms with Gasteiger partial charge in [-0.1, -0.05) is 96.1 Å². The van der Waals surface area contributed by atoms with Gasteiger partial charge in [0.25, 0.3) is 11.8 Å². The van der Waals surface area contributed by atoms with Crippen LogP contribution in [-0.4, -0.2) is 35.8 Å². The minimum absolute atomic E-state index is 0.292. The van der Waals surface area contributed by atoms with E-state index >= 15 is 0 Å². The fourth-order valence-electron chi connectivity index (χ4n) is 10.6. The quantitative estimate of drug-likeness (QED) is 0.140. The lowest BCUT2D eigenvalue weighted by Crippen LogP contribution is -2.37. The molecule has 4 aliphatic rings. The number of imide groups is 2. The summed E-state index contributed by atoms with van der Waals surface area (Å²) in [6, 6.07) is 41.6. The lowest BCUT2D eigenvalue weighted by Gasteiger charge is -2.31. The molecule has 0 aliphatic carbocycles. The van der Waals surface area contributed by atoms with E-state index in [1.807, 2.05) is 113 Å². The molecule has 10 nitrogen and oxygen atoms in total. The van der Waals surface area contributed by atoms with E-state index in [1.54, 1.807) is 34.4 Å². The largest absolute Gasteiger partial charge is 0.273 e. The van der Waals surface area contributed by atoms with E-state index in [9.17, 15) is 19.2 Å². The number of fused-ring (bicyclic) bond motifs is 2. The van der Waals surface area contributed by atoms with Gasteiger partial charge in [0, 0.05) is 0 Å². The van der Waals surface area contributed by atoms with Crippen molar-refractivity contribution in [1.29, 1.82) is 0 Å². The summed E-state index contributed by atoms with van der Waals surface area (Å²) in [6.45, 7) is 12.3. The zero-order valence-corrected chi connectivity index (χ0v) is 36.1. The molecule has 6 aromatic carbocycles. The molecular formula is C53H48N4O6. The SMILES string of the molecule is Cc1cc(C)c([C@@H]2[C@@H]3C(=O)N(c4ccc(Cc5ccc(N6C(=O)[C@H]7[C@H](ON(c8ccccc8)[C@H]7c7c(C)cc(C)cc7C)C6=O)cc5)cc4)C(=O)[C@H]3ON2c2ccccc2)c(C)c1. The average Bonchev–Trinajstić information content (AvgIpc) is 3.97. The number of aryl methyl sites for hydroxylation is 6. The number of carbonyl (C=O) groups is 4. The fraction of sp³-hybridized carbons (Fsp3) is 0.245. The number of hydrogen-bond acceptors (Lipinski definition) is 8. The number of hydroxylamine groups is 2. The predicted molar refractivity (Wildman–Crippen MR) is 242 cm³/mol. The number of rotatable bonds is 8. The molecule has 4 saturated heterocycles. The summed E-state index contributed by atoms with van der Waals surface area (Å²) in [6.07, 6.45) is -1.38. The first-order valence-corrected chi connectivity index (χ1v) is 21.5. The minimum atomic E-state index is -0.967. The molecule has 0 unspecified atom stereocenters. The summed E-state index contributed by atoms with van der Waals surface area (Å²) in [7, 11) is 0. The van der Waals surface area contributed by atoms with Crippen LogP contribution in [0.1, 0.15) is 67.7 Å². The molecule has 63 heavy (non-hydrogen) atoms. The van der Waals surface area contributed by atoms with Gasteiger partial charge in [-0.15, -0.1) is 0 Å². The molecule has 10 heteroatoms. The Labute approximate surface area is 367 Å². The van der Waals surface area contributed by atoms with Gasteiger partial charge in [-0.3, -0.25) is 28.9 Å². The van der Waals surface area contributed by atoms with Crippen LogP contribution in [0.25, 0.3) is 0 Å². The number of nitrogens with zero attached hydrogens (tertiary/aromatic N) is 4. The van der Waals surface area contributed by atoms with Gasteiger partial charge < -0.3 is 0 Å². The lowest BCUT2D eigenvalue weighted by atomic mass is 9.85. The van der Waals surface area contributed by atoms with Crippen molar-refractivity contribution in [3.63, 3.8) is 0 Å². The maximum Gasteiger partial charge on any atom is 0.266 e. The molecular weight excluding hydrogens is 789 g/mol. The number of amides is 4. The highest BCUT2D eigenvalue weighted by molar-refractivity contribution is 6.24. The second-order valence-corrected chi connectivity index (χ2v) is 17.5. The average molecular weight is 837 g/mol. The molecule has 6 aromatic rings. The molecule has 4 amide bonds. The van der Waals surface area contributed by atoms with E-state index in [0.29, 0.717) is 17.8 Å². The third kappa shape index (κ3) is 6.63. The molecule has 4 heterocycles. The van der Waals surface area contributed by atoms with Gasteiger partial charge in [0.05, 0.1) is 34.8 Å². The number of hydrogen-bond donors (Lipinski definition) is 0. The van der Waals surface area contributed by atoms with Crippen LogP contribution in [0.5, 0.6) is 0 Å². The standard InChI is InChI=1S/C53H48N4O6/c1-30-25-32(3)42(33(4)26-30)46-44-48(62-56(46)40-13-9-7-10-14-40)52(60)54(50(44)58)38-21-17-36(18-22-38)29-37-19-23-39(24-20-37)55-51(59)45-47(43-34(5)27-31(2)28-35(43)6)57(63-49(45)53(55)61)41-15-11-8-12-16-41/h7-28,44-49H,29H2,1-6H3/t44-,45+,46+,47-,48-,49-/m0/s1. The number of benzene rings is 6. The Morgan fingerprint density at radius 1 is 0.413 bits per heavy atom. The smallest absolute Gasteiger partial charge is 0.266 e. The maximum atomic E-state index is 14.4. The van der Waals surface area contributed by atoms with Crippen LogP contribution in [0.4, 0.5) is 22.7 Å². The summed E-state index contributed by atoms with van der Waals surface area (Å²) in [5.74, 6) is -2.83. The van der Waals surface area contributed by atoms with Gasteiger partial charge in [0.2, 0.25) is 11.8 Å². The van der Waals surface area contributed by atoms with Crippen molar-refractivity contribution in [3.8, 4) is 0 Å². The van der Waals surface area contributed by atoms with Crippen molar-refractivity contribution in [2.45, 2.75) is 72.3 Å². The van der Waals surface area contributed by atoms with Gasteiger partial charge in [0.15, 0.2) is 12.2 Å². The van der Waals surface area contributed by atoms with Crippen LogP contribution in [0, 0.1) is 53.4 Å². The van der Waals surface area contributed by atoms with E-state index in [-0.39, 0.29) is 23.6 Å². The first-order chi connectivity index (χ1) is 30.4. The predicted octanol–water partition coefficient (Wildman–Crippen LogP) is 9.23. The number of para-hydroxylation sites is 2. The Morgan fingerprint density at radius 2 is 0.746 bits per heavy atom. The topological polar surface area (TPSA) is 99.7 Å². The second kappa shape index (κ2) is 15.5. The monoisotopic (exact) mass is 836 g/mol. The highest BCUT2D eigenvalue weighted by Crippen LogP contribution is 2.51. The Morgan fingerprint density at radius 3 is 1.08 bits per heavy atom. The van der Waals surface area contributed by atoms with Crippen LogP contribution in [0.15, 0.2) is 133 Å². The summed E-state index contributed by atoms with van der Waals surface area (Å²) in [5.41, 5.74) is 12.9. The first-order valence-electron chi connectivity index (χ1n) is 21.5. The Hall–Kier alpha value is -6.88. The minimum Gasteiger partial charge on any atom is -0.273 e. The molecule has 0 radical (unpaired) electrons. The lowest BCUT2D eigenvalue weighted by molar-refractivity contribution is -0.127. The molecule has 4 fully saturated rings. The maximum absolute atomic E-state index is 14.4. The molecule has 0 N–H and O–H groups in total. The van der Waals surface area contributed by atoms with E-state index in [2.05, 4.69) is 38.1 Å². The summed E-state index contributed by atoms with van der Waals surface area (Å²) in [4.78, 5) is 72.5. The van der Waals surface area contributed by atoms with Crippen LogP contribution < -0.4 is 19.9 Å². The van der Waals surface area contributed by atoms with Crippen LogP contribution in [0.3, 0.4) is 0 Å². The van der Waals surface area contributed by atoms with Crippen molar-refractivity contribution in [1.82, 2.24) is 0 Å². The number of carbonyl (C=O) groups excluding carboxylic acids is 4. The summed E-state index contributed by atoms with van der Waals surface area (Å²) < 4.78 is 0. The van der Waals surface area contributed by atoms with Gasteiger partial charge in [-0.2, -0.15) is 0 Å². The zero-order chi connectivity index (χ0) is 43.8. The van der Waals surface area contributed by atoms with Gasteiger partial charge in [0.1, 0.15) is 11.8 Å². The van der Waals surface area contributed by atoms with Crippen molar-refractivity contribution in [2.75, 3.05) is 19.9 Å². The molecule has 0 saturated carbocycles. The highest BCUT2D eigenvalue weighted by atomic mass is 16.7. The molecule has 0 bridgehead atoms. The summed E-state index contributed by atoms with van der Waals surface area (Å²) >= 11 is 0. The summed E-state index contributed by atoms with van der Waals surface area (Å²) in [5, 5.41) is 3.50. The van der Waals surface area contributed by atoms with E-state index in [0.717, 1.165) is 67.0 Å². The van der Waals surface area contributed by atoms with Crippen LogP contribution >= 0.6 is 0 Å². The van der Waals surface area contributed by atoms with Gasteiger partial charge >= 0.3 is 0 Å². The van der Waals surface area contributed by atoms with Crippen molar-refractivity contribution in [3.05, 3.63) is 189 Å². The molecule has 0 aromatic heterocycles. The van der Waals surface area contributed by atoms with Crippen molar-refractivity contribution >= 4 is 46.4 Å².